The van der Waals surface area contributed by atoms with Crippen LogP contribution in [0.1, 0.15) is 55.8 Å². The summed E-state index contributed by atoms with van der Waals surface area (Å²) in [5.74, 6) is -0.903. The van der Waals surface area contributed by atoms with E-state index in [0.717, 1.165) is 11.1 Å². The molecule has 4 rings (SSSR count). The quantitative estimate of drug-likeness (QED) is 0.0824. The van der Waals surface area contributed by atoms with Gasteiger partial charge in [0.1, 0.15) is 12.6 Å². The average Bonchev–Trinajstić information content (AvgIpc) is 3.12. The summed E-state index contributed by atoms with van der Waals surface area (Å²) in [5, 5.41) is 16.1. The Balaban J connectivity index is 1.45. The molecule has 11 nitrogen and oxygen atoms in total. The molecule has 2 atom stereocenters. The summed E-state index contributed by atoms with van der Waals surface area (Å²) in [6.45, 7) is 3.94. The van der Waals surface area contributed by atoms with Crippen LogP contribution in [-0.4, -0.2) is 66.6 Å². The Labute approximate surface area is 294 Å². The Morgan fingerprint density at radius 1 is 0.880 bits per heavy atom. The molecule has 1 heterocycles. The molecule has 0 spiro atoms. The number of ether oxygens (including phenoxy) is 1. The van der Waals surface area contributed by atoms with Crippen LogP contribution in [-0.2, 0) is 26.2 Å². The standard InChI is InChI=1S/C38H47N5O6S/c1-28(2)25-43(50(47,48)34-21-19-31(39)20-22-34)33(26-44)18-10-12-24-41-37(45)36(42-38(46)49-27-32-17-9-11-23-40-32)35(29-13-5-3-6-14-29)30-15-7-4-8-16-30/h3-9,11,13-17,19-23,28,33,35-36,44H,10,12,18,24-27,39H2,1-2H3,(H,41,45)(H,42,46). The minimum atomic E-state index is -3.90. The molecular weight excluding hydrogens is 655 g/mol. The molecule has 12 heteroatoms. The molecule has 2 amide bonds. The van der Waals surface area contributed by atoms with Gasteiger partial charge < -0.3 is 26.2 Å². The smallest absolute Gasteiger partial charge is 0.408 e. The van der Waals surface area contributed by atoms with E-state index in [1.54, 1.807) is 36.5 Å². The van der Waals surface area contributed by atoms with E-state index >= 15 is 0 Å². The maximum absolute atomic E-state index is 13.9. The molecule has 0 radical (unpaired) electrons. The molecule has 4 aromatic rings. The van der Waals surface area contributed by atoms with Gasteiger partial charge in [-0.1, -0.05) is 87.0 Å². The third-order valence-corrected chi connectivity index (χ3v) is 10.1. The van der Waals surface area contributed by atoms with Crippen molar-refractivity contribution in [2.45, 2.75) is 62.6 Å². The van der Waals surface area contributed by atoms with Crippen molar-refractivity contribution in [3.8, 4) is 0 Å². The zero-order chi connectivity index (χ0) is 35.9. The first-order valence-electron chi connectivity index (χ1n) is 16.8. The minimum Gasteiger partial charge on any atom is -0.443 e. The Morgan fingerprint density at radius 2 is 1.50 bits per heavy atom. The zero-order valence-corrected chi connectivity index (χ0v) is 29.3. The van der Waals surface area contributed by atoms with Crippen LogP contribution < -0.4 is 16.4 Å². The number of alkyl carbamates (subject to hydrolysis) is 1. The molecule has 3 aromatic carbocycles. The van der Waals surface area contributed by atoms with Crippen LogP contribution in [0.25, 0.3) is 0 Å². The number of carbonyl (C=O) groups excluding carboxylic acids is 2. The number of aliphatic hydroxyl groups excluding tert-OH is 1. The van der Waals surface area contributed by atoms with Crippen LogP contribution in [0.5, 0.6) is 0 Å². The predicted octanol–water partition coefficient (Wildman–Crippen LogP) is 5.09. The lowest BCUT2D eigenvalue weighted by molar-refractivity contribution is -0.123. The third-order valence-electron chi connectivity index (χ3n) is 8.20. The molecule has 0 saturated carbocycles. The fourth-order valence-corrected chi connectivity index (χ4v) is 7.53. The summed E-state index contributed by atoms with van der Waals surface area (Å²) >= 11 is 0. The van der Waals surface area contributed by atoms with E-state index in [1.165, 1.54) is 16.4 Å². The van der Waals surface area contributed by atoms with Crippen molar-refractivity contribution >= 4 is 27.7 Å². The average molecular weight is 702 g/mol. The van der Waals surface area contributed by atoms with Crippen LogP contribution >= 0.6 is 0 Å². The molecule has 0 aliphatic heterocycles. The molecule has 0 fully saturated rings. The molecule has 1 aromatic heterocycles. The van der Waals surface area contributed by atoms with E-state index in [1.807, 2.05) is 74.5 Å². The molecule has 2 unspecified atom stereocenters. The van der Waals surface area contributed by atoms with E-state index in [4.69, 9.17) is 10.5 Å². The van der Waals surface area contributed by atoms with Gasteiger partial charge in [0.15, 0.2) is 0 Å². The van der Waals surface area contributed by atoms with E-state index in [2.05, 4.69) is 15.6 Å². The number of pyridine rings is 1. The molecular formula is C38H47N5O6S. The van der Waals surface area contributed by atoms with Crippen molar-refractivity contribution in [1.82, 2.24) is 19.9 Å². The van der Waals surface area contributed by atoms with Gasteiger partial charge in [-0.15, -0.1) is 0 Å². The number of hydrogen-bond donors (Lipinski definition) is 4. The first kappa shape index (κ1) is 38.0. The Bertz CT molecular complexity index is 1690. The molecule has 5 N–H and O–H groups in total. The molecule has 266 valence electrons. The lowest BCUT2D eigenvalue weighted by atomic mass is 9.84. The number of hydrogen-bond acceptors (Lipinski definition) is 8. The largest absolute Gasteiger partial charge is 0.443 e. The maximum atomic E-state index is 13.9. The summed E-state index contributed by atoms with van der Waals surface area (Å²) in [5.41, 5.74) is 8.47. The number of nitrogens with zero attached hydrogens (tertiary/aromatic N) is 2. The van der Waals surface area contributed by atoms with Gasteiger partial charge in [-0.3, -0.25) is 9.78 Å². The van der Waals surface area contributed by atoms with Crippen LogP contribution in [0.3, 0.4) is 0 Å². The van der Waals surface area contributed by atoms with Gasteiger partial charge in [-0.05, 0) is 66.3 Å². The van der Waals surface area contributed by atoms with Crippen molar-refractivity contribution in [1.29, 1.82) is 0 Å². The highest BCUT2D eigenvalue weighted by atomic mass is 32.2. The van der Waals surface area contributed by atoms with Gasteiger partial charge >= 0.3 is 6.09 Å². The van der Waals surface area contributed by atoms with Crippen molar-refractivity contribution in [2.24, 2.45) is 5.92 Å². The van der Waals surface area contributed by atoms with E-state index in [9.17, 15) is 23.1 Å². The molecule has 0 bridgehead atoms. The summed E-state index contributed by atoms with van der Waals surface area (Å²) in [7, 11) is -3.90. The lowest BCUT2D eigenvalue weighted by Crippen LogP contribution is -2.50. The molecule has 0 aliphatic carbocycles. The Morgan fingerprint density at radius 3 is 2.06 bits per heavy atom. The van der Waals surface area contributed by atoms with Crippen molar-refractivity contribution in [2.75, 3.05) is 25.4 Å². The number of carbonyl (C=O) groups is 2. The molecule has 50 heavy (non-hydrogen) atoms. The number of nitrogens with two attached hydrogens (primary N) is 1. The number of nitrogen functional groups attached to an aromatic ring is 1. The van der Waals surface area contributed by atoms with Gasteiger partial charge in [0, 0.05) is 36.9 Å². The number of rotatable bonds is 18. The van der Waals surface area contributed by atoms with E-state index in [-0.39, 0.29) is 37.1 Å². The number of aliphatic hydroxyl groups is 1. The summed E-state index contributed by atoms with van der Waals surface area (Å²) in [4.78, 5) is 31.3. The predicted molar refractivity (Wildman–Crippen MR) is 193 cm³/mol. The monoisotopic (exact) mass is 701 g/mol. The van der Waals surface area contributed by atoms with Crippen LogP contribution in [0.2, 0.25) is 0 Å². The first-order valence-corrected chi connectivity index (χ1v) is 18.2. The first-order chi connectivity index (χ1) is 24.1. The highest BCUT2D eigenvalue weighted by molar-refractivity contribution is 7.89. The highest BCUT2D eigenvalue weighted by Gasteiger charge is 2.34. The van der Waals surface area contributed by atoms with Gasteiger partial charge in [0.25, 0.3) is 0 Å². The van der Waals surface area contributed by atoms with E-state index in [0.29, 0.717) is 30.6 Å². The van der Waals surface area contributed by atoms with E-state index < -0.39 is 40.0 Å². The number of anilines is 1. The third kappa shape index (κ3) is 10.9. The normalized spacial score (nSPS) is 12.8. The SMILES string of the molecule is CC(C)CN(C(CO)CCCCNC(=O)C(NC(=O)OCc1ccccn1)C(c1ccccc1)c1ccccc1)S(=O)(=O)c1ccc(N)cc1. The number of sulfonamides is 1. The second kappa shape index (κ2) is 18.8. The lowest BCUT2D eigenvalue weighted by Gasteiger charge is -2.31. The number of amides is 2. The number of unbranched alkanes of at least 4 members (excludes halogenated alkanes) is 1. The topological polar surface area (TPSA) is 164 Å². The summed E-state index contributed by atoms with van der Waals surface area (Å²) < 4.78 is 34.0. The summed E-state index contributed by atoms with van der Waals surface area (Å²) in [6, 6.07) is 28.6. The van der Waals surface area contributed by atoms with Crippen molar-refractivity contribution in [3.05, 3.63) is 126 Å². The Hall–Kier alpha value is -4.78. The number of aromatic nitrogens is 1. The van der Waals surface area contributed by atoms with Crippen LogP contribution in [0, 0.1) is 5.92 Å². The van der Waals surface area contributed by atoms with Crippen molar-refractivity contribution in [3.63, 3.8) is 0 Å². The van der Waals surface area contributed by atoms with Gasteiger partial charge in [0.05, 0.1) is 17.2 Å². The number of benzene rings is 3. The minimum absolute atomic E-state index is 0.0224. The number of nitrogens with one attached hydrogen (secondary N) is 2. The van der Waals surface area contributed by atoms with Gasteiger partial charge in [0.2, 0.25) is 15.9 Å². The molecule has 0 saturated heterocycles. The maximum Gasteiger partial charge on any atom is 0.408 e. The highest BCUT2D eigenvalue weighted by Crippen LogP contribution is 2.29. The van der Waals surface area contributed by atoms with Crippen LogP contribution in [0.4, 0.5) is 10.5 Å². The van der Waals surface area contributed by atoms with Crippen LogP contribution in [0.15, 0.2) is 114 Å². The van der Waals surface area contributed by atoms with Crippen molar-refractivity contribution < 1.29 is 27.9 Å². The Kier molecular flexibility index (Phi) is 14.3. The summed E-state index contributed by atoms with van der Waals surface area (Å²) in [6.07, 6.45) is 2.27. The van der Waals surface area contributed by atoms with Gasteiger partial charge in [-0.25, -0.2) is 13.2 Å². The second-order valence-corrected chi connectivity index (χ2v) is 14.4. The fourth-order valence-electron chi connectivity index (χ4n) is 5.72. The molecule has 0 aliphatic rings. The fraction of sp³-hybridized carbons (Fsp3) is 0.342. The second-order valence-electron chi connectivity index (χ2n) is 12.5. The zero-order valence-electron chi connectivity index (χ0n) is 28.5. The van der Waals surface area contributed by atoms with Gasteiger partial charge in [-0.2, -0.15) is 4.31 Å².